The van der Waals surface area contributed by atoms with Crippen molar-refractivity contribution in [2.75, 3.05) is 26.2 Å². The van der Waals surface area contributed by atoms with E-state index in [-0.39, 0.29) is 49.0 Å². The SMILES string of the molecule is CC[C@H](C)[C@@H]1C(=O)N[C@H](C2Cc3ccccc3C2)C(=O)N1C(C(=O)N1CCN(C(=O)OC(C)(C)C)CC1CO)c1coc(C)n1. The second-order valence-corrected chi connectivity index (χ2v) is 13.5. The Morgan fingerprint density at radius 3 is 2.38 bits per heavy atom. The Labute approximate surface area is 264 Å². The summed E-state index contributed by atoms with van der Waals surface area (Å²) in [5, 5.41) is 13.4. The first-order valence-corrected chi connectivity index (χ1v) is 15.8. The van der Waals surface area contributed by atoms with Gasteiger partial charge >= 0.3 is 6.09 Å². The van der Waals surface area contributed by atoms with Crippen LogP contribution in [0.3, 0.4) is 0 Å². The standard InChI is InChI=1S/C33H45N5O7/c1-7-19(2)27-29(40)35-26(23-14-21-10-8-9-11-22(21)15-23)30(41)38(27)28(25-18-44-20(3)34-25)31(42)37-13-12-36(16-24(37)17-39)32(43)45-33(4,5)6/h8-11,18-19,23-24,26-28,39H,7,12-17H2,1-6H3,(H,35,40)/t19-,24?,26+,27+,28?/m0/s1. The fourth-order valence-electron chi connectivity index (χ4n) is 6.76. The third kappa shape index (κ3) is 6.56. The van der Waals surface area contributed by atoms with Crippen LogP contribution in [0.25, 0.3) is 0 Å². The van der Waals surface area contributed by atoms with Gasteiger partial charge < -0.3 is 34.3 Å². The molecule has 4 amide bonds. The van der Waals surface area contributed by atoms with Crippen LogP contribution in [0.5, 0.6) is 0 Å². The number of rotatable bonds is 7. The maximum atomic E-state index is 14.7. The zero-order chi connectivity index (χ0) is 32.6. The van der Waals surface area contributed by atoms with E-state index in [1.54, 1.807) is 27.7 Å². The molecular formula is C33H45N5O7. The number of fused-ring (bicyclic) bond motifs is 1. The lowest BCUT2D eigenvalue weighted by Gasteiger charge is -2.48. The molecule has 45 heavy (non-hydrogen) atoms. The predicted octanol–water partition coefficient (Wildman–Crippen LogP) is 2.62. The highest BCUT2D eigenvalue weighted by Gasteiger charge is 2.52. The third-order valence-corrected chi connectivity index (χ3v) is 9.18. The average Bonchev–Trinajstić information content (AvgIpc) is 3.63. The van der Waals surface area contributed by atoms with Crippen molar-refractivity contribution in [2.45, 2.75) is 90.6 Å². The van der Waals surface area contributed by atoms with E-state index in [1.807, 2.05) is 38.1 Å². The Balaban J connectivity index is 1.50. The number of aryl methyl sites for hydroxylation is 1. The smallest absolute Gasteiger partial charge is 0.410 e. The molecule has 12 nitrogen and oxygen atoms in total. The molecule has 5 rings (SSSR count). The van der Waals surface area contributed by atoms with Gasteiger partial charge in [-0.3, -0.25) is 14.4 Å². The molecule has 1 aromatic carbocycles. The van der Waals surface area contributed by atoms with Gasteiger partial charge in [-0.05, 0) is 56.6 Å². The lowest BCUT2D eigenvalue weighted by molar-refractivity contribution is -0.163. The number of carbonyl (C=O) groups excluding carboxylic acids is 4. The zero-order valence-corrected chi connectivity index (χ0v) is 27.0. The van der Waals surface area contributed by atoms with Gasteiger partial charge in [-0.15, -0.1) is 0 Å². The molecule has 0 radical (unpaired) electrons. The van der Waals surface area contributed by atoms with Crippen LogP contribution >= 0.6 is 0 Å². The van der Waals surface area contributed by atoms with Gasteiger partial charge in [0.2, 0.25) is 11.8 Å². The molecule has 12 heteroatoms. The molecule has 3 heterocycles. The first-order valence-electron chi connectivity index (χ1n) is 15.8. The molecule has 2 unspecified atom stereocenters. The summed E-state index contributed by atoms with van der Waals surface area (Å²) in [5.41, 5.74) is 1.81. The minimum absolute atomic E-state index is 0.0495. The number of hydrogen-bond acceptors (Lipinski definition) is 8. The van der Waals surface area contributed by atoms with Crippen LogP contribution in [-0.4, -0.2) is 98.6 Å². The normalized spacial score (nSPS) is 23.9. The number of benzene rings is 1. The summed E-state index contributed by atoms with van der Waals surface area (Å²) in [4.78, 5) is 64.9. The van der Waals surface area contributed by atoms with Crippen LogP contribution in [0, 0.1) is 18.8 Å². The largest absolute Gasteiger partial charge is 0.449 e. The maximum absolute atomic E-state index is 14.7. The van der Waals surface area contributed by atoms with Crippen molar-refractivity contribution in [1.29, 1.82) is 0 Å². The summed E-state index contributed by atoms with van der Waals surface area (Å²) in [6.07, 6.45) is 2.69. The van der Waals surface area contributed by atoms with Crippen molar-refractivity contribution in [2.24, 2.45) is 11.8 Å². The summed E-state index contributed by atoms with van der Waals surface area (Å²) in [5.74, 6) is -1.27. The molecule has 244 valence electrons. The number of piperazine rings is 2. The molecule has 0 spiro atoms. The molecular weight excluding hydrogens is 578 g/mol. The fraction of sp³-hybridized carbons (Fsp3) is 0.606. The van der Waals surface area contributed by atoms with Crippen molar-refractivity contribution in [1.82, 2.24) is 25.0 Å². The molecule has 0 saturated carbocycles. The summed E-state index contributed by atoms with van der Waals surface area (Å²) in [6, 6.07) is 4.24. The van der Waals surface area contributed by atoms with Gasteiger partial charge in [-0.1, -0.05) is 44.5 Å². The summed E-state index contributed by atoms with van der Waals surface area (Å²) >= 11 is 0. The second-order valence-electron chi connectivity index (χ2n) is 13.5. The number of oxazole rings is 1. The van der Waals surface area contributed by atoms with Crippen molar-refractivity contribution in [3.05, 3.63) is 53.2 Å². The molecule has 0 bridgehead atoms. The minimum atomic E-state index is -1.27. The number of aliphatic hydroxyl groups is 1. The van der Waals surface area contributed by atoms with E-state index in [4.69, 9.17) is 9.15 Å². The summed E-state index contributed by atoms with van der Waals surface area (Å²) in [6.45, 7) is 10.7. The van der Waals surface area contributed by atoms with E-state index in [0.717, 1.165) is 11.1 Å². The Hall–Kier alpha value is -3.93. The minimum Gasteiger partial charge on any atom is -0.449 e. The summed E-state index contributed by atoms with van der Waals surface area (Å²) in [7, 11) is 0. The first kappa shape index (κ1) is 32.5. The number of aliphatic hydroxyl groups excluding tert-OH is 1. The molecule has 2 fully saturated rings. The van der Waals surface area contributed by atoms with Gasteiger partial charge in [0.25, 0.3) is 5.91 Å². The Morgan fingerprint density at radius 1 is 1.16 bits per heavy atom. The van der Waals surface area contributed by atoms with Gasteiger partial charge in [-0.25, -0.2) is 9.78 Å². The number of nitrogens with one attached hydrogen (secondary N) is 1. The Bertz CT molecular complexity index is 1410. The quantitative estimate of drug-likeness (QED) is 0.479. The molecule has 2 saturated heterocycles. The van der Waals surface area contributed by atoms with Gasteiger partial charge in [0, 0.05) is 26.6 Å². The number of nitrogens with zero attached hydrogens (tertiary/aromatic N) is 4. The van der Waals surface area contributed by atoms with Crippen LogP contribution < -0.4 is 5.32 Å². The Morgan fingerprint density at radius 2 is 1.82 bits per heavy atom. The highest BCUT2D eigenvalue weighted by Crippen LogP contribution is 2.37. The van der Waals surface area contributed by atoms with Gasteiger partial charge in [0.15, 0.2) is 11.9 Å². The van der Waals surface area contributed by atoms with Crippen molar-refractivity contribution in [3.63, 3.8) is 0 Å². The highest BCUT2D eigenvalue weighted by molar-refractivity contribution is 6.00. The van der Waals surface area contributed by atoms with Crippen LogP contribution in [0.1, 0.15) is 69.8 Å². The van der Waals surface area contributed by atoms with Crippen LogP contribution in [-0.2, 0) is 32.0 Å². The van der Waals surface area contributed by atoms with E-state index in [0.29, 0.717) is 25.2 Å². The average molecular weight is 624 g/mol. The lowest BCUT2D eigenvalue weighted by atomic mass is 9.86. The molecule has 2 aliphatic heterocycles. The fourth-order valence-corrected chi connectivity index (χ4v) is 6.76. The molecule has 1 aromatic heterocycles. The third-order valence-electron chi connectivity index (χ3n) is 9.18. The van der Waals surface area contributed by atoms with Crippen LogP contribution in [0.2, 0.25) is 0 Å². The molecule has 2 N–H and O–H groups in total. The molecule has 3 aliphatic rings. The Kier molecular flexibility index (Phi) is 9.25. The number of amides is 4. The second kappa shape index (κ2) is 12.8. The van der Waals surface area contributed by atoms with Crippen molar-refractivity contribution in [3.8, 4) is 0 Å². The van der Waals surface area contributed by atoms with Crippen LogP contribution in [0.4, 0.5) is 4.79 Å². The van der Waals surface area contributed by atoms with E-state index >= 15 is 0 Å². The monoisotopic (exact) mass is 623 g/mol. The zero-order valence-electron chi connectivity index (χ0n) is 27.0. The number of aromatic nitrogens is 1. The van der Waals surface area contributed by atoms with E-state index in [2.05, 4.69) is 10.3 Å². The van der Waals surface area contributed by atoms with Crippen molar-refractivity contribution >= 4 is 23.8 Å². The van der Waals surface area contributed by atoms with Gasteiger partial charge in [-0.2, -0.15) is 0 Å². The number of hydrogen-bond donors (Lipinski definition) is 2. The topological polar surface area (TPSA) is 146 Å². The lowest BCUT2D eigenvalue weighted by Crippen LogP contribution is -2.69. The highest BCUT2D eigenvalue weighted by atomic mass is 16.6. The first-order chi connectivity index (χ1) is 21.3. The van der Waals surface area contributed by atoms with Gasteiger partial charge in [0.1, 0.15) is 29.6 Å². The number of ether oxygens (including phenoxy) is 1. The predicted molar refractivity (Wildman–Crippen MR) is 164 cm³/mol. The molecule has 2 aromatic rings. The van der Waals surface area contributed by atoms with E-state index in [9.17, 15) is 24.3 Å². The van der Waals surface area contributed by atoms with Gasteiger partial charge in [0.05, 0.1) is 12.6 Å². The molecule has 1 aliphatic carbocycles. The maximum Gasteiger partial charge on any atom is 0.410 e. The number of carbonyl (C=O) groups is 4. The van der Waals surface area contributed by atoms with E-state index < -0.39 is 48.4 Å². The molecule has 5 atom stereocenters. The van der Waals surface area contributed by atoms with E-state index in [1.165, 1.54) is 21.0 Å². The van der Waals surface area contributed by atoms with Crippen LogP contribution in [0.15, 0.2) is 34.9 Å². The van der Waals surface area contributed by atoms with Crippen molar-refractivity contribution < 1.29 is 33.4 Å². The summed E-state index contributed by atoms with van der Waals surface area (Å²) < 4.78 is 11.1.